The van der Waals surface area contributed by atoms with Crippen molar-refractivity contribution in [3.63, 3.8) is 0 Å². The van der Waals surface area contributed by atoms with Crippen LogP contribution in [0.4, 0.5) is 5.82 Å². The van der Waals surface area contributed by atoms with Crippen molar-refractivity contribution in [2.45, 2.75) is 39.3 Å². The lowest BCUT2D eigenvalue weighted by Gasteiger charge is -2.51. The highest BCUT2D eigenvalue weighted by atomic mass is 35.5. The van der Waals surface area contributed by atoms with Gasteiger partial charge in [-0.25, -0.2) is 0 Å². The molecule has 2 aromatic rings. The Kier molecular flexibility index (Phi) is 3.30. The van der Waals surface area contributed by atoms with Crippen molar-refractivity contribution >= 4 is 23.2 Å². The van der Waals surface area contributed by atoms with Gasteiger partial charge in [0.15, 0.2) is 0 Å². The minimum atomic E-state index is 0.0681. The van der Waals surface area contributed by atoms with Gasteiger partial charge in [-0.2, -0.15) is 19.6 Å². The molecule has 1 saturated carbocycles. The Hall–Kier alpha value is -1.40. The molecule has 3 rings (SSSR count). The summed E-state index contributed by atoms with van der Waals surface area (Å²) in [5, 5.41) is 8.06. The lowest BCUT2D eigenvalue weighted by molar-refractivity contribution is -0.0977. The Morgan fingerprint density at radius 2 is 2.35 bits per heavy atom. The van der Waals surface area contributed by atoms with Crippen LogP contribution >= 0.6 is 11.6 Å². The third-order valence-electron chi connectivity index (χ3n) is 4.09. The van der Waals surface area contributed by atoms with Crippen LogP contribution in [0.15, 0.2) is 12.4 Å². The van der Waals surface area contributed by atoms with E-state index in [9.17, 15) is 0 Å². The highest BCUT2D eigenvalue weighted by Gasteiger charge is 2.49. The highest BCUT2D eigenvalue weighted by molar-refractivity contribution is 6.29. The zero-order valence-electron chi connectivity index (χ0n) is 11.8. The van der Waals surface area contributed by atoms with Crippen molar-refractivity contribution in [3.05, 3.63) is 17.5 Å². The first kappa shape index (κ1) is 13.6. The van der Waals surface area contributed by atoms with Gasteiger partial charge < -0.3 is 10.1 Å². The Labute approximate surface area is 122 Å². The second kappa shape index (κ2) is 4.86. The fourth-order valence-corrected chi connectivity index (χ4v) is 2.86. The molecule has 0 bridgehead atoms. The van der Waals surface area contributed by atoms with Crippen LogP contribution in [-0.4, -0.2) is 38.3 Å². The van der Waals surface area contributed by atoms with Gasteiger partial charge in [-0.1, -0.05) is 25.4 Å². The predicted molar refractivity (Wildman–Crippen MR) is 77.0 cm³/mol. The lowest BCUT2D eigenvalue weighted by Crippen LogP contribution is -2.58. The van der Waals surface area contributed by atoms with Crippen molar-refractivity contribution < 1.29 is 4.74 Å². The first-order valence-electron chi connectivity index (χ1n) is 6.76. The standard InChI is InChI=1S/C13H18ClN5O/c1-4-20-9-5-8(13(9,2)3)17-11-6-10(14)18-12-15-7-16-19(11)12/h6-9,17H,4-5H2,1-3H3. The molecule has 20 heavy (non-hydrogen) atoms. The summed E-state index contributed by atoms with van der Waals surface area (Å²) in [6, 6.07) is 2.08. The van der Waals surface area contributed by atoms with Crippen molar-refractivity contribution in [1.29, 1.82) is 0 Å². The van der Waals surface area contributed by atoms with E-state index in [-0.39, 0.29) is 11.5 Å². The van der Waals surface area contributed by atoms with Crippen LogP contribution in [0.2, 0.25) is 5.15 Å². The van der Waals surface area contributed by atoms with Crippen LogP contribution < -0.4 is 5.32 Å². The molecule has 2 atom stereocenters. The first-order chi connectivity index (χ1) is 9.52. The summed E-state index contributed by atoms with van der Waals surface area (Å²) in [7, 11) is 0. The van der Waals surface area contributed by atoms with Crippen molar-refractivity contribution in [2.75, 3.05) is 11.9 Å². The second-order valence-electron chi connectivity index (χ2n) is 5.63. The quantitative estimate of drug-likeness (QED) is 0.878. The maximum Gasteiger partial charge on any atom is 0.255 e. The zero-order chi connectivity index (χ0) is 14.3. The summed E-state index contributed by atoms with van der Waals surface area (Å²) < 4.78 is 7.41. The number of nitrogens with one attached hydrogen (secondary N) is 1. The molecule has 0 aromatic carbocycles. The van der Waals surface area contributed by atoms with Gasteiger partial charge in [-0.05, 0) is 13.3 Å². The molecule has 0 saturated heterocycles. The van der Waals surface area contributed by atoms with Gasteiger partial charge in [0.2, 0.25) is 0 Å². The van der Waals surface area contributed by atoms with Gasteiger partial charge in [-0.15, -0.1) is 0 Å². The molecule has 0 radical (unpaired) electrons. The van der Waals surface area contributed by atoms with E-state index in [1.54, 1.807) is 10.6 Å². The molecule has 0 aliphatic heterocycles. The number of anilines is 1. The molecule has 1 fully saturated rings. The number of fused-ring (bicyclic) bond motifs is 1. The number of nitrogens with zero attached hydrogens (tertiary/aromatic N) is 4. The van der Waals surface area contributed by atoms with E-state index < -0.39 is 0 Å². The lowest BCUT2D eigenvalue weighted by atomic mass is 9.64. The van der Waals surface area contributed by atoms with Crippen LogP contribution in [0.25, 0.3) is 5.78 Å². The highest BCUT2D eigenvalue weighted by Crippen LogP contribution is 2.44. The van der Waals surface area contributed by atoms with Crippen LogP contribution in [0, 0.1) is 5.41 Å². The molecule has 2 heterocycles. The molecule has 0 spiro atoms. The smallest absolute Gasteiger partial charge is 0.255 e. The summed E-state index contributed by atoms with van der Waals surface area (Å²) in [5.74, 6) is 1.31. The van der Waals surface area contributed by atoms with Crippen LogP contribution in [0.1, 0.15) is 27.2 Å². The van der Waals surface area contributed by atoms with Crippen molar-refractivity contribution in [1.82, 2.24) is 19.6 Å². The maximum atomic E-state index is 6.02. The minimum Gasteiger partial charge on any atom is -0.378 e. The predicted octanol–water partition coefficient (Wildman–Crippen LogP) is 2.39. The summed E-state index contributed by atoms with van der Waals surface area (Å²) >= 11 is 6.02. The van der Waals surface area contributed by atoms with E-state index in [1.165, 1.54) is 6.33 Å². The van der Waals surface area contributed by atoms with Crippen LogP contribution in [-0.2, 0) is 4.74 Å². The zero-order valence-corrected chi connectivity index (χ0v) is 12.6. The van der Waals surface area contributed by atoms with Gasteiger partial charge in [0.25, 0.3) is 5.78 Å². The number of aromatic nitrogens is 4. The molecular weight excluding hydrogens is 278 g/mol. The summed E-state index contributed by atoms with van der Waals surface area (Å²) in [4.78, 5) is 8.18. The largest absolute Gasteiger partial charge is 0.378 e. The van der Waals surface area contributed by atoms with E-state index in [1.807, 2.05) is 6.92 Å². The molecule has 108 valence electrons. The Balaban J connectivity index is 1.83. The summed E-state index contributed by atoms with van der Waals surface area (Å²) in [5.41, 5.74) is 0.0681. The molecule has 7 heteroatoms. The first-order valence-corrected chi connectivity index (χ1v) is 7.14. The number of hydrogen-bond donors (Lipinski definition) is 1. The van der Waals surface area contributed by atoms with Gasteiger partial charge >= 0.3 is 0 Å². The number of hydrogen-bond acceptors (Lipinski definition) is 5. The fraction of sp³-hybridized carbons (Fsp3) is 0.615. The monoisotopic (exact) mass is 295 g/mol. The molecule has 1 aliphatic rings. The molecule has 2 aromatic heterocycles. The van der Waals surface area contributed by atoms with E-state index in [2.05, 4.69) is 34.2 Å². The topological polar surface area (TPSA) is 64.3 Å². The second-order valence-corrected chi connectivity index (χ2v) is 6.02. The number of ether oxygens (including phenoxy) is 1. The third kappa shape index (κ3) is 2.13. The summed E-state index contributed by atoms with van der Waals surface area (Å²) in [6.45, 7) is 7.18. The number of halogens is 1. The minimum absolute atomic E-state index is 0.0681. The van der Waals surface area contributed by atoms with Gasteiger partial charge in [0.05, 0.1) is 6.10 Å². The van der Waals surface area contributed by atoms with E-state index in [0.29, 0.717) is 17.0 Å². The maximum absolute atomic E-state index is 6.02. The van der Waals surface area contributed by atoms with E-state index in [0.717, 1.165) is 18.8 Å². The van der Waals surface area contributed by atoms with E-state index in [4.69, 9.17) is 16.3 Å². The molecule has 0 amide bonds. The SMILES string of the molecule is CCOC1CC(Nc2cc(Cl)nc3ncnn23)C1(C)C. The average Bonchev–Trinajstić information content (AvgIpc) is 2.85. The van der Waals surface area contributed by atoms with Crippen LogP contribution in [0.5, 0.6) is 0 Å². The molecule has 1 aliphatic carbocycles. The third-order valence-corrected chi connectivity index (χ3v) is 4.28. The Bertz CT molecular complexity index is 626. The Morgan fingerprint density at radius 3 is 3.05 bits per heavy atom. The molecule has 6 nitrogen and oxygen atoms in total. The van der Waals surface area contributed by atoms with Crippen LogP contribution in [0.3, 0.4) is 0 Å². The van der Waals surface area contributed by atoms with Crippen molar-refractivity contribution in [3.8, 4) is 0 Å². The Morgan fingerprint density at radius 1 is 1.55 bits per heavy atom. The van der Waals surface area contributed by atoms with Gasteiger partial charge in [-0.3, -0.25) is 0 Å². The van der Waals surface area contributed by atoms with Gasteiger partial charge in [0.1, 0.15) is 17.3 Å². The average molecular weight is 296 g/mol. The molecule has 2 unspecified atom stereocenters. The van der Waals surface area contributed by atoms with Crippen molar-refractivity contribution in [2.24, 2.45) is 5.41 Å². The number of rotatable bonds is 4. The normalized spacial score (nSPS) is 24.6. The summed E-state index contributed by atoms with van der Waals surface area (Å²) in [6.07, 6.45) is 2.73. The van der Waals surface area contributed by atoms with E-state index >= 15 is 0 Å². The molecule has 1 N–H and O–H groups in total. The molecular formula is C13H18ClN5O. The fourth-order valence-electron chi connectivity index (χ4n) is 2.68. The van der Waals surface area contributed by atoms with Gasteiger partial charge in [0, 0.05) is 24.1 Å².